The van der Waals surface area contributed by atoms with Crippen molar-refractivity contribution in [2.45, 2.75) is 34.1 Å². The van der Waals surface area contributed by atoms with Crippen LogP contribution in [0.15, 0.2) is 12.2 Å². The first-order valence-corrected chi connectivity index (χ1v) is 4.55. The summed E-state index contributed by atoms with van der Waals surface area (Å²) in [5, 5.41) is 0. The van der Waals surface area contributed by atoms with E-state index < -0.39 is 0 Å². The Kier molecular flexibility index (Phi) is 11.7. The summed E-state index contributed by atoms with van der Waals surface area (Å²) >= 11 is 0. The molecule has 0 atom stereocenters. The van der Waals surface area contributed by atoms with Gasteiger partial charge in [0, 0.05) is 20.5 Å². The molecule has 1 amide bonds. The molecule has 2 nitrogen and oxygen atoms in total. The molecule has 0 aliphatic heterocycles. The second-order valence-corrected chi connectivity index (χ2v) is 2.28. The predicted molar refractivity (Wildman–Crippen MR) is 54.1 cm³/mol. The SMILES string of the molecule is CC.CC/C=C\CN(C)C(C)=O. The van der Waals surface area contributed by atoms with E-state index in [1.807, 2.05) is 19.9 Å². The number of hydrogen-bond donors (Lipinski definition) is 0. The molecule has 0 unspecified atom stereocenters. The highest BCUT2D eigenvalue weighted by atomic mass is 16.2. The number of nitrogens with zero attached hydrogens (tertiary/aromatic N) is 1. The molecule has 0 aromatic heterocycles. The molecule has 0 aromatic carbocycles. The smallest absolute Gasteiger partial charge is 0.219 e. The van der Waals surface area contributed by atoms with Gasteiger partial charge in [-0.25, -0.2) is 0 Å². The lowest BCUT2D eigenvalue weighted by atomic mass is 10.4. The Labute approximate surface area is 76.3 Å². The van der Waals surface area contributed by atoms with E-state index in [9.17, 15) is 4.79 Å². The number of hydrogen-bond acceptors (Lipinski definition) is 1. The fourth-order valence-corrected chi connectivity index (χ4v) is 0.528. The first kappa shape index (κ1) is 13.8. The summed E-state index contributed by atoms with van der Waals surface area (Å²) in [5.74, 6) is 0.112. The minimum atomic E-state index is 0.112. The molecule has 0 aromatic rings. The summed E-state index contributed by atoms with van der Waals surface area (Å²) in [7, 11) is 1.79. The van der Waals surface area contributed by atoms with E-state index in [0.29, 0.717) is 0 Å². The minimum Gasteiger partial charge on any atom is -0.342 e. The minimum absolute atomic E-state index is 0.112. The fraction of sp³-hybridized carbons (Fsp3) is 0.700. The van der Waals surface area contributed by atoms with E-state index in [2.05, 4.69) is 13.0 Å². The van der Waals surface area contributed by atoms with Crippen LogP contribution in [-0.2, 0) is 4.79 Å². The topological polar surface area (TPSA) is 20.3 Å². The van der Waals surface area contributed by atoms with Gasteiger partial charge in [0.1, 0.15) is 0 Å². The number of amides is 1. The molecular weight excluding hydrogens is 150 g/mol. The first-order chi connectivity index (χ1) is 5.68. The van der Waals surface area contributed by atoms with Crippen molar-refractivity contribution >= 4 is 5.91 Å². The predicted octanol–water partition coefficient (Wildman–Crippen LogP) is 2.46. The summed E-state index contributed by atoms with van der Waals surface area (Å²) in [6.45, 7) is 8.37. The van der Waals surface area contributed by atoms with Crippen molar-refractivity contribution in [2.75, 3.05) is 13.6 Å². The average Bonchev–Trinajstić information content (AvgIpc) is 2.08. The van der Waals surface area contributed by atoms with Crippen LogP contribution in [-0.4, -0.2) is 24.4 Å². The molecule has 0 N–H and O–H groups in total. The fourth-order valence-electron chi connectivity index (χ4n) is 0.528. The molecule has 0 spiro atoms. The van der Waals surface area contributed by atoms with Crippen molar-refractivity contribution in [3.05, 3.63) is 12.2 Å². The molecule has 0 saturated heterocycles. The monoisotopic (exact) mass is 171 g/mol. The summed E-state index contributed by atoms with van der Waals surface area (Å²) in [4.78, 5) is 12.3. The van der Waals surface area contributed by atoms with Crippen molar-refractivity contribution in [3.63, 3.8) is 0 Å². The van der Waals surface area contributed by atoms with E-state index in [4.69, 9.17) is 0 Å². The van der Waals surface area contributed by atoms with Gasteiger partial charge in [0.15, 0.2) is 0 Å². The number of carbonyl (C=O) groups excluding carboxylic acids is 1. The average molecular weight is 171 g/mol. The molecule has 0 aliphatic carbocycles. The number of rotatable bonds is 3. The summed E-state index contributed by atoms with van der Waals surface area (Å²) in [6.07, 6.45) is 5.09. The molecule has 0 fully saturated rings. The van der Waals surface area contributed by atoms with Crippen molar-refractivity contribution in [2.24, 2.45) is 0 Å². The zero-order valence-electron chi connectivity index (χ0n) is 8.92. The van der Waals surface area contributed by atoms with Crippen LogP contribution >= 0.6 is 0 Å². The first-order valence-electron chi connectivity index (χ1n) is 4.55. The lowest BCUT2D eigenvalue weighted by molar-refractivity contribution is -0.127. The van der Waals surface area contributed by atoms with Crippen molar-refractivity contribution in [1.82, 2.24) is 4.90 Å². The molecule has 12 heavy (non-hydrogen) atoms. The Balaban J connectivity index is 0. The van der Waals surface area contributed by atoms with E-state index in [0.717, 1.165) is 13.0 Å². The second-order valence-electron chi connectivity index (χ2n) is 2.28. The Bertz CT molecular complexity index is 130. The van der Waals surface area contributed by atoms with Crippen molar-refractivity contribution in [3.8, 4) is 0 Å². The molecule has 0 rings (SSSR count). The largest absolute Gasteiger partial charge is 0.342 e. The lowest BCUT2D eigenvalue weighted by Crippen LogP contribution is -2.23. The Morgan fingerprint density at radius 3 is 2.17 bits per heavy atom. The molecule has 72 valence electrons. The second kappa shape index (κ2) is 10.2. The van der Waals surface area contributed by atoms with Crippen LogP contribution in [0, 0.1) is 0 Å². The van der Waals surface area contributed by atoms with Crippen molar-refractivity contribution in [1.29, 1.82) is 0 Å². The number of carbonyl (C=O) groups is 1. The maximum Gasteiger partial charge on any atom is 0.219 e. The van der Waals surface area contributed by atoms with E-state index in [1.54, 1.807) is 18.9 Å². The highest BCUT2D eigenvalue weighted by molar-refractivity contribution is 5.72. The third kappa shape index (κ3) is 9.21. The summed E-state index contributed by atoms with van der Waals surface area (Å²) in [5.41, 5.74) is 0. The zero-order valence-corrected chi connectivity index (χ0v) is 8.92. The molecule has 0 aliphatic rings. The van der Waals surface area contributed by atoms with Crippen LogP contribution in [0.2, 0.25) is 0 Å². The molecule has 0 bridgehead atoms. The van der Waals surface area contributed by atoms with Gasteiger partial charge in [-0.1, -0.05) is 32.9 Å². The molecule has 2 heteroatoms. The highest BCUT2D eigenvalue weighted by Crippen LogP contribution is 1.85. The Morgan fingerprint density at radius 2 is 1.83 bits per heavy atom. The van der Waals surface area contributed by atoms with Crippen LogP contribution in [0.1, 0.15) is 34.1 Å². The van der Waals surface area contributed by atoms with Gasteiger partial charge in [0.05, 0.1) is 0 Å². The van der Waals surface area contributed by atoms with Crippen LogP contribution in [0.3, 0.4) is 0 Å². The lowest BCUT2D eigenvalue weighted by Gasteiger charge is -2.10. The van der Waals surface area contributed by atoms with Gasteiger partial charge in [0.25, 0.3) is 0 Å². The van der Waals surface area contributed by atoms with Gasteiger partial charge in [0.2, 0.25) is 5.91 Å². The third-order valence-corrected chi connectivity index (χ3v) is 1.32. The maximum atomic E-state index is 10.6. The maximum absolute atomic E-state index is 10.6. The van der Waals surface area contributed by atoms with Gasteiger partial charge in [-0.05, 0) is 6.42 Å². The van der Waals surface area contributed by atoms with E-state index in [1.165, 1.54) is 0 Å². The third-order valence-electron chi connectivity index (χ3n) is 1.32. The molecule has 0 saturated carbocycles. The summed E-state index contributed by atoms with van der Waals surface area (Å²) < 4.78 is 0. The van der Waals surface area contributed by atoms with Gasteiger partial charge in [-0.3, -0.25) is 4.79 Å². The van der Waals surface area contributed by atoms with Gasteiger partial charge >= 0.3 is 0 Å². The Morgan fingerprint density at radius 1 is 1.33 bits per heavy atom. The van der Waals surface area contributed by atoms with Crippen LogP contribution in [0.25, 0.3) is 0 Å². The summed E-state index contributed by atoms with van der Waals surface area (Å²) in [6, 6.07) is 0. The molecular formula is C10H21NO. The van der Waals surface area contributed by atoms with Gasteiger partial charge in [-0.15, -0.1) is 0 Å². The number of likely N-dealkylation sites (N-methyl/N-ethyl adjacent to an activating group) is 1. The highest BCUT2D eigenvalue weighted by Gasteiger charge is 1.95. The normalized spacial score (nSPS) is 9.08. The van der Waals surface area contributed by atoms with Crippen LogP contribution < -0.4 is 0 Å². The standard InChI is InChI=1S/C8H15NO.C2H6/c1-4-5-6-7-9(3)8(2)10;1-2/h5-6H,4,7H2,1-3H3;1-2H3/b6-5-;. The zero-order chi connectivity index (χ0) is 9.98. The van der Waals surface area contributed by atoms with Gasteiger partial charge < -0.3 is 4.90 Å². The quantitative estimate of drug-likeness (QED) is 0.597. The number of allylic oxidation sites excluding steroid dienone is 1. The van der Waals surface area contributed by atoms with E-state index in [-0.39, 0.29) is 5.91 Å². The molecule has 0 heterocycles. The van der Waals surface area contributed by atoms with Crippen LogP contribution in [0.5, 0.6) is 0 Å². The Hall–Kier alpha value is -0.790. The molecule has 0 radical (unpaired) electrons. The van der Waals surface area contributed by atoms with E-state index >= 15 is 0 Å². The van der Waals surface area contributed by atoms with Crippen molar-refractivity contribution < 1.29 is 4.79 Å². The van der Waals surface area contributed by atoms with Gasteiger partial charge in [-0.2, -0.15) is 0 Å². The van der Waals surface area contributed by atoms with Crippen LogP contribution in [0.4, 0.5) is 0 Å².